The van der Waals surface area contributed by atoms with Crippen LogP contribution in [0.2, 0.25) is 0 Å². The Morgan fingerprint density at radius 1 is 1.17 bits per heavy atom. The minimum absolute atomic E-state index is 0.173. The van der Waals surface area contributed by atoms with Crippen LogP contribution in [0, 0.1) is 11.3 Å². The highest BCUT2D eigenvalue weighted by molar-refractivity contribution is 5.83. The van der Waals surface area contributed by atoms with Crippen LogP contribution in [0.5, 0.6) is 11.5 Å². The van der Waals surface area contributed by atoms with Crippen molar-refractivity contribution < 1.29 is 14.3 Å². The Balaban J connectivity index is 1.30. The predicted molar refractivity (Wildman–Crippen MR) is 87.6 cm³/mol. The molecule has 3 aliphatic rings. The summed E-state index contributed by atoms with van der Waals surface area (Å²) in [6.07, 6.45) is 7.00. The standard InChI is InChI=1S/C19H25NO3/c1-22-16-5-2-3-6-17(16)23-14-7-11-20(12-8-14)18(21)15-13-19(15)9-4-10-19/h2-3,5-6,14-15H,4,7-13H2,1H3/t15-/m1/s1. The van der Waals surface area contributed by atoms with Gasteiger partial charge in [-0.15, -0.1) is 0 Å². The molecule has 23 heavy (non-hydrogen) atoms. The monoisotopic (exact) mass is 315 g/mol. The van der Waals surface area contributed by atoms with E-state index in [-0.39, 0.29) is 6.10 Å². The quantitative estimate of drug-likeness (QED) is 0.856. The Morgan fingerprint density at radius 3 is 2.43 bits per heavy atom. The second-order valence-electron chi connectivity index (χ2n) is 7.27. The predicted octanol–water partition coefficient (Wildman–Crippen LogP) is 3.26. The molecular formula is C19H25NO3. The SMILES string of the molecule is COc1ccccc1OC1CCN(C(=O)[C@H]2CC23CCC3)CC1. The summed E-state index contributed by atoms with van der Waals surface area (Å²) in [4.78, 5) is 14.7. The highest BCUT2D eigenvalue weighted by Gasteiger charge is 2.61. The molecule has 0 radical (unpaired) electrons. The number of amides is 1. The zero-order valence-corrected chi connectivity index (χ0v) is 13.8. The number of likely N-dealkylation sites (tertiary alicyclic amines) is 1. The summed E-state index contributed by atoms with van der Waals surface area (Å²) in [5.41, 5.74) is 0.432. The Labute approximate surface area is 137 Å². The highest BCUT2D eigenvalue weighted by atomic mass is 16.5. The van der Waals surface area contributed by atoms with Crippen LogP contribution in [0.4, 0.5) is 0 Å². The lowest BCUT2D eigenvalue weighted by atomic mass is 9.79. The van der Waals surface area contributed by atoms with Crippen molar-refractivity contribution in [1.29, 1.82) is 0 Å². The molecule has 4 rings (SSSR count). The molecule has 4 heteroatoms. The molecule has 1 saturated heterocycles. The topological polar surface area (TPSA) is 38.8 Å². The van der Waals surface area contributed by atoms with Crippen molar-refractivity contribution in [3.63, 3.8) is 0 Å². The first-order chi connectivity index (χ1) is 11.2. The summed E-state index contributed by atoms with van der Waals surface area (Å²) in [5.74, 6) is 2.31. The Bertz CT molecular complexity index is 588. The number of benzene rings is 1. The molecule has 0 unspecified atom stereocenters. The maximum absolute atomic E-state index is 12.6. The summed E-state index contributed by atoms with van der Waals surface area (Å²) in [5, 5.41) is 0. The third-order valence-electron chi connectivity index (χ3n) is 5.95. The van der Waals surface area contributed by atoms with E-state index < -0.39 is 0 Å². The van der Waals surface area contributed by atoms with E-state index in [1.807, 2.05) is 24.3 Å². The normalized spacial score (nSPS) is 25.8. The Hall–Kier alpha value is -1.71. The fourth-order valence-electron chi connectivity index (χ4n) is 4.19. The van der Waals surface area contributed by atoms with Gasteiger partial charge >= 0.3 is 0 Å². The molecule has 1 aromatic rings. The van der Waals surface area contributed by atoms with Gasteiger partial charge in [-0.3, -0.25) is 4.79 Å². The first-order valence-electron chi connectivity index (χ1n) is 8.80. The van der Waals surface area contributed by atoms with E-state index in [2.05, 4.69) is 4.90 Å². The van der Waals surface area contributed by atoms with Gasteiger partial charge in [0.2, 0.25) is 5.91 Å². The first-order valence-corrected chi connectivity index (χ1v) is 8.80. The fourth-order valence-corrected chi connectivity index (χ4v) is 4.19. The molecule has 1 spiro atoms. The number of hydrogen-bond donors (Lipinski definition) is 0. The highest BCUT2D eigenvalue weighted by Crippen LogP contribution is 2.66. The molecule has 4 nitrogen and oxygen atoms in total. The van der Waals surface area contributed by atoms with Gasteiger partial charge in [0.1, 0.15) is 6.10 Å². The van der Waals surface area contributed by atoms with Gasteiger partial charge in [-0.2, -0.15) is 0 Å². The van der Waals surface area contributed by atoms with Crippen LogP contribution in [0.3, 0.4) is 0 Å². The minimum Gasteiger partial charge on any atom is -0.493 e. The fraction of sp³-hybridized carbons (Fsp3) is 0.632. The molecule has 1 atom stereocenters. The first kappa shape index (κ1) is 14.9. The lowest BCUT2D eigenvalue weighted by Crippen LogP contribution is -2.43. The molecule has 1 aromatic carbocycles. The number of carbonyl (C=O) groups excluding carboxylic acids is 1. The van der Waals surface area contributed by atoms with E-state index in [4.69, 9.17) is 9.47 Å². The molecular weight excluding hydrogens is 290 g/mol. The average Bonchev–Trinajstić information content (AvgIpc) is 3.32. The third-order valence-corrected chi connectivity index (χ3v) is 5.95. The third kappa shape index (κ3) is 2.68. The van der Waals surface area contributed by atoms with Crippen molar-refractivity contribution in [2.75, 3.05) is 20.2 Å². The van der Waals surface area contributed by atoms with E-state index in [9.17, 15) is 4.79 Å². The molecule has 3 fully saturated rings. The Morgan fingerprint density at radius 2 is 1.87 bits per heavy atom. The van der Waals surface area contributed by atoms with Gasteiger partial charge in [0.25, 0.3) is 0 Å². The van der Waals surface area contributed by atoms with Gasteiger partial charge < -0.3 is 14.4 Å². The molecule has 2 saturated carbocycles. The number of piperidine rings is 1. The van der Waals surface area contributed by atoms with Gasteiger partial charge in [0.15, 0.2) is 11.5 Å². The summed E-state index contributed by atoms with van der Waals surface area (Å²) < 4.78 is 11.4. The van der Waals surface area contributed by atoms with E-state index in [0.29, 0.717) is 17.2 Å². The van der Waals surface area contributed by atoms with Gasteiger partial charge in [-0.05, 0) is 36.8 Å². The maximum atomic E-state index is 12.6. The van der Waals surface area contributed by atoms with E-state index in [0.717, 1.165) is 43.9 Å². The largest absolute Gasteiger partial charge is 0.493 e. The van der Waals surface area contributed by atoms with E-state index >= 15 is 0 Å². The number of carbonyl (C=O) groups is 1. The average molecular weight is 315 g/mol. The van der Waals surface area contributed by atoms with E-state index in [1.165, 1.54) is 19.3 Å². The second-order valence-corrected chi connectivity index (χ2v) is 7.27. The summed E-state index contributed by atoms with van der Waals surface area (Å²) in [6.45, 7) is 1.65. The maximum Gasteiger partial charge on any atom is 0.226 e. The second kappa shape index (κ2) is 5.73. The van der Waals surface area contributed by atoms with Crippen molar-refractivity contribution in [1.82, 2.24) is 4.90 Å². The Kier molecular flexibility index (Phi) is 3.70. The van der Waals surface area contributed by atoms with Crippen molar-refractivity contribution in [2.24, 2.45) is 11.3 Å². The number of hydrogen-bond acceptors (Lipinski definition) is 3. The lowest BCUT2D eigenvalue weighted by Gasteiger charge is -2.34. The van der Waals surface area contributed by atoms with Crippen molar-refractivity contribution >= 4 is 5.91 Å². The molecule has 2 aliphatic carbocycles. The van der Waals surface area contributed by atoms with Gasteiger partial charge in [0, 0.05) is 31.8 Å². The molecule has 1 heterocycles. The minimum atomic E-state index is 0.173. The molecule has 0 aromatic heterocycles. The van der Waals surface area contributed by atoms with Crippen molar-refractivity contribution in [3.8, 4) is 11.5 Å². The van der Waals surface area contributed by atoms with E-state index in [1.54, 1.807) is 7.11 Å². The van der Waals surface area contributed by atoms with Crippen LogP contribution in [0.15, 0.2) is 24.3 Å². The van der Waals surface area contributed by atoms with Crippen LogP contribution in [-0.2, 0) is 4.79 Å². The zero-order valence-electron chi connectivity index (χ0n) is 13.8. The van der Waals surface area contributed by atoms with Gasteiger partial charge in [0.05, 0.1) is 7.11 Å². The van der Waals surface area contributed by atoms with Crippen LogP contribution >= 0.6 is 0 Å². The number of rotatable bonds is 4. The smallest absolute Gasteiger partial charge is 0.226 e. The van der Waals surface area contributed by atoms with Crippen molar-refractivity contribution in [3.05, 3.63) is 24.3 Å². The van der Waals surface area contributed by atoms with Gasteiger partial charge in [-0.25, -0.2) is 0 Å². The lowest BCUT2D eigenvalue weighted by molar-refractivity contribution is -0.135. The number of para-hydroxylation sites is 2. The molecule has 1 aliphatic heterocycles. The van der Waals surface area contributed by atoms with Gasteiger partial charge in [-0.1, -0.05) is 18.6 Å². The van der Waals surface area contributed by atoms with Crippen LogP contribution in [0.1, 0.15) is 38.5 Å². The van der Waals surface area contributed by atoms with Crippen LogP contribution in [0.25, 0.3) is 0 Å². The molecule has 0 N–H and O–H groups in total. The zero-order chi connectivity index (χ0) is 15.9. The number of methoxy groups -OCH3 is 1. The van der Waals surface area contributed by atoms with Crippen LogP contribution < -0.4 is 9.47 Å². The molecule has 124 valence electrons. The number of nitrogens with zero attached hydrogens (tertiary/aromatic N) is 1. The number of ether oxygens (including phenoxy) is 2. The van der Waals surface area contributed by atoms with Crippen molar-refractivity contribution in [2.45, 2.75) is 44.6 Å². The van der Waals surface area contributed by atoms with Crippen LogP contribution in [-0.4, -0.2) is 37.1 Å². The summed E-state index contributed by atoms with van der Waals surface area (Å²) in [7, 11) is 1.66. The summed E-state index contributed by atoms with van der Waals surface area (Å²) >= 11 is 0. The molecule has 0 bridgehead atoms. The summed E-state index contributed by atoms with van der Waals surface area (Å²) in [6, 6.07) is 7.76. The molecule has 1 amide bonds.